The number of likely N-dealkylation sites (tertiary alicyclic amines) is 1. The van der Waals surface area contributed by atoms with Crippen LogP contribution in [0.5, 0.6) is 0 Å². The van der Waals surface area contributed by atoms with Gasteiger partial charge in [-0.1, -0.05) is 27.5 Å². The van der Waals surface area contributed by atoms with Gasteiger partial charge in [-0.15, -0.1) is 0 Å². The van der Waals surface area contributed by atoms with Crippen LogP contribution in [0, 0.1) is 5.92 Å². The van der Waals surface area contributed by atoms with Crippen molar-refractivity contribution in [1.29, 1.82) is 0 Å². The predicted molar refractivity (Wildman–Crippen MR) is 65.0 cm³/mol. The van der Waals surface area contributed by atoms with Crippen LogP contribution in [0.2, 0.25) is 5.02 Å². The van der Waals surface area contributed by atoms with E-state index < -0.39 is 0 Å². The van der Waals surface area contributed by atoms with Gasteiger partial charge in [-0.05, 0) is 23.8 Å². The second-order valence-corrected chi connectivity index (χ2v) is 5.37. The summed E-state index contributed by atoms with van der Waals surface area (Å²) < 4.78 is 1.02. The first kappa shape index (κ1) is 11.4. The molecule has 82 valence electrons. The van der Waals surface area contributed by atoms with Gasteiger partial charge < -0.3 is 5.11 Å². The number of hydrogen-bond acceptors (Lipinski definition) is 2. The van der Waals surface area contributed by atoms with Crippen LogP contribution in [-0.4, -0.2) is 29.7 Å². The van der Waals surface area contributed by atoms with Crippen molar-refractivity contribution in [3.8, 4) is 0 Å². The Hall–Kier alpha value is -0.0900. The second kappa shape index (κ2) is 4.83. The number of halogens is 2. The van der Waals surface area contributed by atoms with Gasteiger partial charge in [0, 0.05) is 41.7 Å². The quantitative estimate of drug-likeness (QED) is 0.925. The molecule has 0 spiro atoms. The lowest BCUT2D eigenvalue weighted by Crippen LogP contribution is -2.47. The molecule has 0 aliphatic carbocycles. The van der Waals surface area contributed by atoms with E-state index in [2.05, 4.69) is 26.9 Å². The van der Waals surface area contributed by atoms with Gasteiger partial charge in [0.1, 0.15) is 0 Å². The van der Waals surface area contributed by atoms with Gasteiger partial charge >= 0.3 is 0 Å². The van der Waals surface area contributed by atoms with E-state index >= 15 is 0 Å². The van der Waals surface area contributed by atoms with E-state index in [-0.39, 0.29) is 0 Å². The van der Waals surface area contributed by atoms with Crippen molar-refractivity contribution in [3.05, 3.63) is 33.3 Å². The maximum Gasteiger partial charge on any atom is 0.0483 e. The van der Waals surface area contributed by atoms with Crippen molar-refractivity contribution in [1.82, 2.24) is 4.90 Å². The molecule has 1 aromatic rings. The molecule has 0 unspecified atom stereocenters. The lowest BCUT2D eigenvalue weighted by molar-refractivity contribution is 0.0479. The Labute approximate surface area is 103 Å². The van der Waals surface area contributed by atoms with Gasteiger partial charge in [-0.25, -0.2) is 0 Å². The first-order chi connectivity index (χ1) is 7.17. The summed E-state index contributed by atoms with van der Waals surface area (Å²) in [5.74, 6) is 0.465. The number of nitrogens with zero attached hydrogens (tertiary/aromatic N) is 1. The molecule has 1 aliphatic rings. The molecule has 0 saturated carbocycles. The highest BCUT2D eigenvalue weighted by Crippen LogP contribution is 2.23. The van der Waals surface area contributed by atoms with E-state index in [4.69, 9.17) is 16.7 Å². The molecule has 1 fully saturated rings. The van der Waals surface area contributed by atoms with Crippen LogP contribution in [0.1, 0.15) is 5.56 Å². The summed E-state index contributed by atoms with van der Waals surface area (Å²) in [6.45, 7) is 3.19. The highest BCUT2D eigenvalue weighted by Gasteiger charge is 2.25. The zero-order valence-electron chi connectivity index (χ0n) is 8.29. The van der Waals surface area contributed by atoms with Gasteiger partial charge in [0.05, 0.1) is 0 Å². The lowest BCUT2D eigenvalue weighted by atomic mass is 10.0. The van der Waals surface area contributed by atoms with Gasteiger partial charge in [0.25, 0.3) is 0 Å². The predicted octanol–water partition coefficient (Wildman–Crippen LogP) is 2.53. The Kier molecular flexibility index (Phi) is 3.67. The molecule has 4 heteroatoms. The van der Waals surface area contributed by atoms with E-state index in [1.165, 1.54) is 5.56 Å². The molecule has 1 aromatic carbocycles. The molecular formula is C11H13BrClNO. The monoisotopic (exact) mass is 289 g/mol. The minimum absolute atomic E-state index is 0.301. The Balaban J connectivity index is 1.94. The fourth-order valence-corrected chi connectivity index (χ4v) is 2.81. The van der Waals surface area contributed by atoms with Crippen LogP contribution in [-0.2, 0) is 6.54 Å². The standard InChI is InChI=1S/C11H13BrClNO/c12-10-1-8(2-11(13)3-10)4-14-5-9(6-14)7-15/h1-3,9,15H,4-7H2. The first-order valence-electron chi connectivity index (χ1n) is 4.95. The number of hydrogen-bond donors (Lipinski definition) is 1. The van der Waals surface area contributed by atoms with Crippen LogP contribution in [0.4, 0.5) is 0 Å². The third-order valence-electron chi connectivity index (χ3n) is 2.62. The summed E-state index contributed by atoms with van der Waals surface area (Å²) in [6, 6.07) is 5.95. The SMILES string of the molecule is OCC1CN(Cc2cc(Cl)cc(Br)c2)C1. The van der Waals surface area contributed by atoms with Gasteiger partial charge in [-0.2, -0.15) is 0 Å². The number of aliphatic hydroxyl groups is 1. The Morgan fingerprint density at radius 1 is 1.40 bits per heavy atom. The van der Waals surface area contributed by atoms with Crippen LogP contribution < -0.4 is 0 Å². The van der Waals surface area contributed by atoms with Crippen molar-refractivity contribution in [3.63, 3.8) is 0 Å². The average molecular weight is 291 g/mol. The van der Waals surface area contributed by atoms with Gasteiger partial charge in [0.2, 0.25) is 0 Å². The number of rotatable bonds is 3. The van der Waals surface area contributed by atoms with Crippen molar-refractivity contribution >= 4 is 27.5 Å². The molecule has 1 N–H and O–H groups in total. The number of benzene rings is 1. The van der Waals surface area contributed by atoms with Crippen molar-refractivity contribution in [2.45, 2.75) is 6.54 Å². The van der Waals surface area contributed by atoms with Crippen LogP contribution in [0.3, 0.4) is 0 Å². The van der Waals surface area contributed by atoms with Crippen molar-refractivity contribution < 1.29 is 5.11 Å². The van der Waals surface area contributed by atoms with Crippen molar-refractivity contribution in [2.75, 3.05) is 19.7 Å². The fourth-order valence-electron chi connectivity index (χ4n) is 1.88. The maximum absolute atomic E-state index is 8.90. The van der Waals surface area contributed by atoms with E-state index in [0.29, 0.717) is 12.5 Å². The highest BCUT2D eigenvalue weighted by atomic mass is 79.9. The number of aliphatic hydroxyl groups excluding tert-OH is 1. The minimum atomic E-state index is 0.301. The average Bonchev–Trinajstić information content (AvgIpc) is 2.08. The second-order valence-electron chi connectivity index (χ2n) is 4.02. The minimum Gasteiger partial charge on any atom is -0.396 e. The molecule has 15 heavy (non-hydrogen) atoms. The van der Waals surface area contributed by atoms with Crippen LogP contribution in [0.15, 0.2) is 22.7 Å². The summed E-state index contributed by atoms with van der Waals surface area (Å²) in [7, 11) is 0. The van der Waals surface area contributed by atoms with Gasteiger partial charge in [-0.3, -0.25) is 4.90 Å². The zero-order chi connectivity index (χ0) is 10.8. The summed E-state index contributed by atoms with van der Waals surface area (Å²) >= 11 is 9.39. The van der Waals surface area contributed by atoms with Gasteiger partial charge in [0.15, 0.2) is 0 Å². The molecule has 0 atom stereocenters. The van der Waals surface area contributed by atoms with E-state index in [1.54, 1.807) is 0 Å². The molecule has 1 saturated heterocycles. The topological polar surface area (TPSA) is 23.5 Å². The molecule has 2 rings (SSSR count). The lowest BCUT2D eigenvalue weighted by Gasteiger charge is -2.38. The molecular weight excluding hydrogens is 277 g/mol. The van der Waals surface area contributed by atoms with Crippen molar-refractivity contribution in [2.24, 2.45) is 5.92 Å². The highest BCUT2D eigenvalue weighted by molar-refractivity contribution is 9.10. The van der Waals surface area contributed by atoms with E-state index in [1.807, 2.05) is 12.1 Å². The smallest absolute Gasteiger partial charge is 0.0483 e. The Morgan fingerprint density at radius 3 is 2.73 bits per heavy atom. The Morgan fingerprint density at radius 2 is 2.13 bits per heavy atom. The Bertz CT molecular complexity index is 332. The first-order valence-corrected chi connectivity index (χ1v) is 6.12. The molecule has 0 bridgehead atoms. The summed E-state index contributed by atoms with van der Waals surface area (Å²) in [6.07, 6.45) is 0. The summed E-state index contributed by atoms with van der Waals surface area (Å²) in [5, 5.41) is 9.67. The molecule has 1 heterocycles. The molecule has 0 aromatic heterocycles. The normalized spacial score (nSPS) is 17.8. The maximum atomic E-state index is 8.90. The summed E-state index contributed by atoms with van der Waals surface area (Å²) in [4.78, 5) is 2.30. The fraction of sp³-hybridized carbons (Fsp3) is 0.455. The molecule has 0 radical (unpaired) electrons. The molecule has 0 amide bonds. The van der Waals surface area contributed by atoms with Crippen LogP contribution in [0.25, 0.3) is 0 Å². The molecule has 1 aliphatic heterocycles. The zero-order valence-corrected chi connectivity index (χ0v) is 10.6. The largest absolute Gasteiger partial charge is 0.396 e. The third-order valence-corrected chi connectivity index (χ3v) is 3.30. The molecule has 2 nitrogen and oxygen atoms in total. The van der Waals surface area contributed by atoms with E-state index in [9.17, 15) is 0 Å². The van der Waals surface area contributed by atoms with E-state index in [0.717, 1.165) is 29.1 Å². The summed E-state index contributed by atoms with van der Waals surface area (Å²) in [5.41, 5.74) is 1.21. The van der Waals surface area contributed by atoms with Crippen LogP contribution >= 0.6 is 27.5 Å². The third kappa shape index (κ3) is 2.94.